The number of benzene rings is 2. The second-order valence-corrected chi connectivity index (χ2v) is 13.9. The van der Waals surface area contributed by atoms with Crippen LogP contribution in [0.3, 0.4) is 0 Å². The number of imidazole rings is 2. The van der Waals surface area contributed by atoms with Crippen LogP contribution in [0.25, 0.3) is 67.4 Å². The summed E-state index contributed by atoms with van der Waals surface area (Å²) in [6, 6.07) is 30.0. The molecule has 0 radical (unpaired) electrons. The molecule has 0 amide bonds. The van der Waals surface area contributed by atoms with E-state index < -0.39 is 0 Å². The van der Waals surface area contributed by atoms with Gasteiger partial charge >= 0.3 is 0 Å². The monoisotopic (exact) mass is 820 g/mol. The van der Waals surface area contributed by atoms with Crippen molar-refractivity contribution in [2.45, 2.75) is 26.7 Å². The Labute approximate surface area is 353 Å². The highest BCUT2D eigenvalue weighted by Gasteiger charge is 2.13. The Morgan fingerprint density at radius 3 is 1.68 bits per heavy atom. The summed E-state index contributed by atoms with van der Waals surface area (Å²) in [7, 11) is 0. The Bertz CT molecular complexity index is 3130. The molecule has 62 heavy (non-hydrogen) atoms. The van der Waals surface area contributed by atoms with Crippen LogP contribution in [0.15, 0.2) is 148 Å². The zero-order valence-corrected chi connectivity index (χ0v) is 33.4. The number of rotatable bonds is 9. The van der Waals surface area contributed by atoms with Gasteiger partial charge in [-0.3, -0.25) is 24.7 Å². The molecule has 8 heterocycles. The molecule has 0 aliphatic rings. The maximum Gasteiger partial charge on any atom is 0.261 e. The second kappa shape index (κ2) is 18.4. The molecule has 0 saturated carbocycles. The SMILES string of the molecule is Cc1nccc2[nH]c(-c3ccc(CC(=O)Cc4cc(-c5ccncc5)no4)cc3)nc12.Cc1nccc2[nH]c(-c3ccc(N)cc3)nc12.O=C=Nc1cc(-c2ccncc2)no1. The van der Waals surface area contributed by atoms with Crippen LogP contribution in [0, 0.1) is 13.8 Å². The fourth-order valence-corrected chi connectivity index (χ4v) is 6.39. The molecule has 4 N–H and O–H groups in total. The van der Waals surface area contributed by atoms with E-state index in [0.29, 0.717) is 23.6 Å². The Morgan fingerprint density at radius 1 is 0.629 bits per heavy atom. The first-order valence-electron chi connectivity index (χ1n) is 19.2. The molecule has 0 atom stereocenters. The van der Waals surface area contributed by atoms with E-state index in [2.05, 4.69) is 55.2 Å². The molecule has 2 aromatic carbocycles. The molecule has 0 aliphatic heterocycles. The van der Waals surface area contributed by atoms with Crippen molar-refractivity contribution in [3.05, 3.63) is 157 Å². The third-order valence-corrected chi connectivity index (χ3v) is 9.52. The lowest BCUT2D eigenvalue weighted by molar-refractivity contribution is -0.118. The van der Waals surface area contributed by atoms with Gasteiger partial charge in [0.25, 0.3) is 5.88 Å². The van der Waals surface area contributed by atoms with Crippen LogP contribution in [0.2, 0.25) is 0 Å². The molecule has 0 aliphatic carbocycles. The number of Topliss-reactive ketones (excluding diaryl/α,β-unsaturated/α-hetero) is 1. The van der Waals surface area contributed by atoms with Gasteiger partial charge in [0.05, 0.1) is 28.8 Å². The van der Waals surface area contributed by atoms with Gasteiger partial charge in [-0.25, -0.2) is 14.8 Å². The van der Waals surface area contributed by atoms with Crippen molar-refractivity contribution in [1.82, 2.24) is 50.2 Å². The van der Waals surface area contributed by atoms with Crippen molar-refractivity contribution in [3.63, 3.8) is 0 Å². The van der Waals surface area contributed by atoms with Gasteiger partial charge in [-0.1, -0.05) is 34.6 Å². The number of carbonyl (C=O) groups is 1. The topological polar surface area (TPSA) is 234 Å². The smallest absolute Gasteiger partial charge is 0.261 e. The van der Waals surface area contributed by atoms with E-state index in [-0.39, 0.29) is 18.1 Å². The summed E-state index contributed by atoms with van der Waals surface area (Å²) in [5.74, 6) is 2.40. The van der Waals surface area contributed by atoms with Gasteiger partial charge in [0.15, 0.2) is 0 Å². The van der Waals surface area contributed by atoms with Crippen molar-refractivity contribution in [2.75, 3.05) is 5.73 Å². The van der Waals surface area contributed by atoms with E-state index in [0.717, 1.165) is 78.6 Å². The largest absolute Gasteiger partial charge is 0.399 e. The first kappa shape index (κ1) is 40.0. The summed E-state index contributed by atoms with van der Waals surface area (Å²) in [4.78, 5) is 57.9. The van der Waals surface area contributed by atoms with Crippen LogP contribution >= 0.6 is 0 Å². The third kappa shape index (κ3) is 9.58. The number of aromatic nitrogens is 10. The molecule has 0 bridgehead atoms. The number of nitrogens with one attached hydrogen (secondary N) is 2. The van der Waals surface area contributed by atoms with Crippen molar-refractivity contribution < 1.29 is 18.6 Å². The van der Waals surface area contributed by atoms with E-state index in [1.165, 1.54) is 6.08 Å². The highest BCUT2D eigenvalue weighted by molar-refractivity contribution is 5.84. The second-order valence-electron chi connectivity index (χ2n) is 13.9. The molecule has 10 rings (SSSR count). The maximum atomic E-state index is 12.5. The summed E-state index contributed by atoms with van der Waals surface area (Å²) in [6.45, 7) is 3.89. The van der Waals surface area contributed by atoms with E-state index in [1.54, 1.807) is 61.4 Å². The number of hydrogen-bond acceptors (Lipinski definition) is 14. The number of hydrogen-bond donors (Lipinski definition) is 3. The summed E-state index contributed by atoms with van der Waals surface area (Å²) in [5.41, 5.74) is 18.0. The molecular weight excluding hydrogens is 785 g/mol. The normalized spacial score (nSPS) is 10.7. The Kier molecular flexibility index (Phi) is 11.9. The molecule has 304 valence electrons. The van der Waals surface area contributed by atoms with E-state index in [4.69, 9.17) is 14.8 Å². The van der Waals surface area contributed by atoms with Gasteiger partial charge in [-0.2, -0.15) is 0 Å². The molecule has 16 heteroatoms. The predicted molar refractivity (Wildman–Crippen MR) is 232 cm³/mol. The lowest BCUT2D eigenvalue weighted by Crippen LogP contribution is -2.05. The number of pyridine rings is 4. The highest BCUT2D eigenvalue weighted by atomic mass is 16.5. The van der Waals surface area contributed by atoms with Gasteiger partial charge in [0.2, 0.25) is 6.08 Å². The number of aryl methyl sites for hydroxylation is 2. The molecule has 8 aromatic heterocycles. The summed E-state index contributed by atoms with van der Waals surface area (Å²) < 4.78 is 10.1. The Hall–Kier alpha value is -8.75. The Morgan fingerprint density at radius 2 is 1.15 bits per heavy atom. The fraction of sp³-hybridized carbons (Fsp3) is 0.0870. The predicted octanol–water partition coefficient (Wildman–Crippen LogP) is 8.56. The number of ketones is 1. The molecule has 0 saturated heterocycles. The minimum absolute atomic E-state index is 0.0654. The summed E-state index contributed by atoms with van der Waals surface area (Å²) in [5, 5.41) is 7.78. The molecule has 10 aromatic rings. The molecular formula is C46H36N12O4. The number of nitrogens with two attached hydrogens (primary N) is 1. The van der Waals surface area contributed by atoms with E-state index in [9.17, 15) is 9.59 Å². The van der Waals surface area contributed by atoms with Crippen molar-refractivity contribution >= 4 is 45.5 Å². The van der Waals surface area contributed by atoms with Crippen molar-refractivity contribution in [1.29, 1.82) is 0 Å². The summed E-state index contributed by atoms with van der Waals surface area (Å²) >= 11 is 0. The third-order valence-electron chi connectivity index (χ3n) is 9.52. The minimum atomic E-state index is 0.0654. The molecule has 0 spiro atoms. The van der Waals surface area contributed by atoms with Crippen molar-refractivity contribution in [2.24, 2.45) is 4.99 Å². The van der Waals surface area contributed by atoms with Gasteiger partial charge in [-0.15, -0.1) is 4.99 Å². The van der Waals surface area contributed by atoms with Crippen LogP contribution in [0.1, 0.15) is 22.7 Å². The van der Waals surface area contributed by atoms with E-state index in [1.807, 2.05) is 86.6 Å². The lowest BCUT2D eigenvalue weighted by Gasteiger charge is -2.02. The first-order valence-corrected chi connectivity index (χ1v) is 19.2. The van der Waals surface area contributed by atoms with Crippen LogP contribution in [-0.4, -0.2) is 62.0 Å². The average molecular weight is 821 g/mol. The molecule has 0 unspecified atom stereocenters. The number of aliphatic imine (C=N–C) groups is 1. The lowest BCUT2D eigenvalue weighted by atomic mass is 10.0. The van der Waals surface area contributed by atoms with Crippen LogP contribution in [0.4, 0.5) is 11.6 Å². The molecule has 16 nitrogen and oxygen atoms in total. The van der Waals surface area contributed by atoms with Crippen LogP contribution in [-0.2, 0) is 22.4 Å². The number of carbonyl (C=O) groups excluding carboxylic acids is 2. The van der Waals surface area contributed by atoms with Crippen molar-refractivity contribution in [3.8, 4) is 45.3 Å². The van der Waals surface area contributed by atoms with Gasteiger partial charge in [0.1, 0.15) is 45.6 Å². The minimum Gasteiger partial charge on any atom is -0.399 e. The standard InChI is InChI=1S/C24H19N5O2.C13H12N4.C9H5N3O2/c1-15-23-21(8-11-26-15)27-24(28-23)18-4-2-16(3-5-18)12-19(30)13-20-14-22(29-31-20)17-6-9-25-10-7-17;1-8-12-11(6-7-15-8)16-13(17-12)9-2-4-10(14)5-3-9;13-6-11-9-5-8(12-14-9)7-1-3-10-4-2-7/h2-11,14H,12-13H2,1H3,(H,27,28);2-7H,14H2,1H3,(H,16,17);1-5H. The number of isocyanates is 1. The molecule has 0 fully saturated rings. The number of fused-ring (bicyclic) bond motifs is 2. The quantitative estimate of drug-likeness (QED) is 0.0704. The fourth-order valence-electron chi connectivity index (χ4n) is 6.39. The average Bonchev–Trinajstić information content (AvgIpc) is 4.13. The highest BCUT2D eigenvalue weighted by Crippen LogP contribution is 2.25. The van der Waals surface area contributed by atoms with Gasteiger partial charge in [0, 0.05) is 83.7 Å². The first-order chi connectivity index (χ1) is 30.3. The number of anilines is 1. The van der Waals surface area contributed by atoms with Gasteiger partial charge in [-0.05, 0) is 80.1 Å². The van der Waals surface area contributed by atoms with Crippen LogP contribution in [0.5, 0.6) is 0 Å². The number of aromatic amines is 2. The zero-order chi connectivity index (χ0) is 42.8. The summed E-state index contributed by atoms with van der Waals surface area (Å²) in [6.07, 6.45) is 12.1. The number of H-pyrrole nitrogens is 2. The van der Waals surface area contributed by atoms with Gasteiger partial charge < -0.3 is 24.7 Å². The maximum absolute atomic E-state index is 12.5. The number of nitrogen functional groups attached to an aromatic ring is 1. The van der Waals surface area contributed by atoms with Crippen LogP contribution < -0.4 is 5.73 Å². The Balaban J connectivity index is 0.000000143. The number of nitrogens with zero attached hydrogens (tertiary/aromatic N) is 9. The zero-order valence-electron chi connectivity index (χ0n) is 33.4. The van der Waals surface area contributed by atoms with E-state index >= 15 is 0 Å².